The fraction of sp³-hybridized carbons (Fsp3) is 0.438. The van der Waals surface area contributed by atoms with Crippen molar-refractivity contribution in [1.29, 1.82) is 0 Å². The number of hydrogen-bond acceptors (Lipinski definition) is 3. The molecule has 0 aliphatic rings. The number of halogens is 1. The minimum atomic E-state index is 0.472. The Balaban J connectivity index is 2.39. The van der Waals surface area contributed by atoms with Crippen LogP contribution in [-0.2, 0) is 5.88 Å². The SMILES string of the molecule is CSCCC(C)N(C)c1ncc(CCl)c2ccccc12. The maximum atomic E-state index is 6.01. The van der Waals surface area contributed by atoms with Gasteiger partial charge in [0.2, 0.25) is 0 Å². The Morgan fingerprint density at radius 1 is 1.30 bits per heavy atom. The van der Waals surface area contributed by atoms with Crippen molar-refractivity contribution in [3.63, 3.8) is 0 Å². The quantitative estimate of drug-likeness (QED) is 0.728. The zero-order chi connectivity index (χ0) is 14.5. The Kier molecular flexibility index (Phi) is 5.55. The number of aromatic nitrogens is 1. The maximum absolute atomic E-state index is 6.01. The number of thioether (sulfide) groups is 1. The summed E-state index contributed by atoms with van der Waals surface area (Å²) in [6.07, 6.45) is 5.21. The molecular formula is C16H21ClN2S. The number of nitrogens with zero attached hydrogens (tertiary/aromatic N) is 2. The van der Waals surface area contributed by atoms with Crippen molar-refractivity contribution in [3.8, 4) is 0 Å². The Morgan fingerprint density at radius 2 is 2.00 bits per heavy atom. The van der Waals surface area contributed by atoms with E-state index in [2.05, 4.69) is 54.4 Å². The van der Waals surface area contributed by atoms with Gasteiger partial charge in [0.15, 0.2) is 0 Å². The van der Waals surface area contributed by atoms with Gasteiger partial charge in [-0.25, -0.2) is 4.98 Å². The largest absolute Gasteiger partial charge is 0.356 e. The van der Waals surface area contributed by atoms with Gasteiger partial charge in [-0.1, -0.05) is 24.3 Å². The second-order valence-corrected chi connectivity index (χ2v) is 6.28. The van der Waals surface area contributed by atoms with Gasteiger partial charge in [0.1, 0.15) is 5.82 Å². The maximum Gasteiger partial charge on any atom is 0.136 e. The average Bonchev–Trinajstić information content (AvgIpc) is 2.50. The Morgan fingerprint density at radius 3 is 2.65 bits per heavy atom. The Bertz CT molecular complexity index is 573. The van der Waals surface area contributed by atoms with Gasteiger partial charge in [-0.05, 0) is 36.3 Å². The number of rotatable bonds is 6. The van der Waals surface area contributed by atoms with Gasteiger partial charge in [-0.3, -0.25) is 0 Å². The summed E-state index contributed by atoms with van der Waals surface area (Å²) in [5, 5.41) is 2.39. The molecule has 108 valence electrons. The first-order chi connectivity index (χ1) is 9.69. The van der Waals surface area contributed by atoms with Crippen LogP contribution in [0.5, 0.6) is 0 Å². The van der Waals surface area contributed by atoms with E-state index in [-0.39, 0.29) is 0 Å². The van der Waals surface area contributed by atoms with Crippen molar-refractivity contribution in [3.05, 3.63) is 36.0 Å². The van der Waals surface area contributed by atoms with E-state index in [1.54, 1.807) is 0 Å². The molecule has 0 saturated carbocycles. The minimum absolute atomic E-state index is 0.472. The Hall–Kier alpha value is -0.930. The molecule has 2 nitrogen and oxygen atoms in total. The van der Waals surface area contributed by atoms with E-state index in [0.717, 1.165) is 17.8 Å². The fourth-order valence-electron chi connectivity index (χ4n) is 2.31. The van der Waals surface area contributed by atoms with Crippen LogP contribution in [0, 0.1) is 0 Å². The predicted molar refractivity (Wildman–Crippen MR) is 92.2 cm³/mol. The van der Waals surface area contributed by atoms with E-state index in [9.17, 15) is 0 Å². The van der Waals surface area contributed by atoms with Crippen LogP contribution >= 0.6 is 23.4 Å². The van der Waals surface area contributed by atoms with Crippen LogP contribution < -0.4 is 4.90 Å². The fourth-order valence-corrected chi connectivity index (χ4v) is 3.10. The van der Waals surface area contributed by atoms with E-state index in [1.165, 1.54) is 16.5 Å². The predicted octanol–water partition coefficient (Wildman–Crippen LogP) is 4.55. The number of fused-ring (bicyclic) bond motifs is 1. The van der Waals surface area contributed by atoms with Gasteiger partial charge in [-0.15, -0.1) is 11.6 Å². The molecule has 1 atom stereocenters. The summed E-state index contributed by atoms with van der Waals surface area (Å²) < 4.78 is 0. The van der Waals surface area contributed by atoms with Crippen LogP contribution in [0.4, 0.5) is 5.82 Å². The summed E-state index contributed by atoms with van der Waals surface area (Å²) in [7, 11) is 2.13. The highest BCUT2D eigenvalue weighted by Gasteiger charge is 2.15. The van der Waals surface area contributed by atoms with Crippen molar-refractivity contribution < 1.29 is 0 Å². The first kappa shape index (κ1) is 15.5. The molecule has 0 N–H and O–H groups in total. The normalized spacial score (nSPS) is 12.6. The number of benzene rings is 1. The average molecular weight is 309 g/mol. The van der Waals surface area contributed by atoms with Gasteiger partial charge in [0.25, 0.3) is 0 Å². The number of hydrogen-bond donors (Lipinski definition) is 0. The van der Waals surface area contributed by atoms with Gasteiger partial charge >= 0.3 is 0 Å². The third-order valence-corrected chi connectivity index (χ3v) is 4.67. The lowest BCUT2D eigenvalue weighted by atomic mass is 10.1. The number of anilines is 1. The standard InChI is InChI=1S/C16H21ClN2S/c1-12(8-9-20-3)19(2)16-15-7-5-4-6-14(15)13(10-17)11-18-16/h4-7,11-12H,8-10H2,1-3H3. The molecule has 0 aliphatic heterocycles. The van der Waals surface area contributed by atoms with Crippen molar-refractivity contribution in [2.75, 3.05) is 24.0 Å². The van der Waals surface area contributed by atoms with E-state index >= 15 is 0 Å². The molecule has 2 aromatic rings. The molecule has 0 spiro atoms. The lowest BCUT2D eigenvalue weighted by Gasteiger charge is -2.27. The molecule has 1 unspecified atom stereocenters. The minimum Gasteiger partial charge on any atom is -0.356 e. The van der Waals surface area contributed by atoms with Crippen molar-refractivity contribution >= 4 is 40.0 Å². The van der Waals surface area contributed by atoms with E-state index in [0.29, 0.717) is 11.9 Å². The summed E-state index contributed by atoms with van der Waals surface area (Å²) >= 11 is 7.90. The van der Waals surface area contributed by atoms with Crippen molar-refractivity contribution in [2.24, 2.45) is 0 Å². The van der Waals surface area contributed by atoms with E-state index in [4.69, 9.17) is 11.6 Å². The molecular weight excluding hydrogens is 288 g/mol. The molecule has 2 rings (SSSR count). The molecule has 20 heavy (non-hydrogen) atoms. The summed E-state index contributed by atoms with van der Waals surface area (Å²) in [6, 6.07) is 8.84. The summed E-state index contributed by atoms with van der Waals surface area (Å²) in [5.74, 6) is 2.71. The molecule has 0 fully saturated rings. The summed E-state index contributed by atoms with van der Waals surface area (Å²) in [6.45, 7) is 2.25. The van der Waals surface area contributed by atoms with E-state index < -0.39 is 0 Å². The first-order valence-corrected chi connectivity index (χ1v) is 8.76. The molecule has 0 bridgehead atoms. The molecule has 1 aromatic carbocycles. The molecule has 0 saturated heterocycles. The highest BCUT2D eigenvalue weighted by Crippen LogP contribution is 2.28. The molecule has 1 aromatic heterocycles. The third kappa shape index (κ3) is 3.21. The van der Waals surface area contributed by atoms with Crippen LogP contribution in [0.2, 0.25) is 0 Å². The zero-order valence-electron chi connectivity index (χ0n) is 12.3. The molecule has 0 aliphatic carbocycles. The van der Waals surface area contributed by atoms with Crippen LogP contribution in [0.3, 0.4) is 0 Å². The lowest BCUT2D eigenvalue weighted by Crippen LogP contribution is -2.30. The molecule has 0 amide bonds. The third-order valence-electron chi connectivity index (χ3n) is 3.74. The van der Waals surface area contributed by atoms with E-state index in [1.807, 2.05) is 18.0 Å². The highest BCUT2D eigenvalue weighted by molar-refractivity contribution is 7.98. The first-order valence-electron chi connectivity index (χ1n) is 6.83. The van der Waals surface area contributed by atoms with Crippen LogP contribution in [0.25, 0.3) is 10.8 Å². The monoisotopic (exact) mass is 308 g/mol. The molecule has 4 heteroatoms. The topological polar surface area (TPSA) is 16.1 Å². The molecule has 1 heterocycles. The Labute approximate surface area is 130 Å². The highest BCUT2D eigenvalue weighted by atomic mass is 35.5. The second-order valence-electron chi connectivity index (χ2n) is 5.03. The number of alkyl halides is 1. The van der Waals surface area contributed by atoms with Crippen LogP contribution in [-0.4, -0.2) is 30.1 Å². The summed E-state index contributed by atoms with van der Waals surface area (Å²) in [5.41, 5.74) is 1.09. The van der Waals surface area contributed by atoms with Gasteiger partial charge in [0.05, 0.1) is 0 Å². The van der Waals surface area contributed by atoms with Crippen molar-refractivity contribution in [2.45, 2.75) is 25.3 Å². The van der Waals surface area contributed by atoms with Crippen molar-refractivity contribution in [1.82, 2.24) is 4.98 Å². The zero-order valence-corrected chi connectivity index (χ0v) is 13.8. The summed E-state index contributed by atoms with van der Waals surface area (Å²) in [4.78, 5) is 6.92. The molecule has 0 radical (unpaired) electrons. The lowest BCUT2D eigenvalue weighted by molar-refractivity contribution is 0.664. The number of pyridine rings is 1. The second kappa shape index (κ2) is 7.19. The van der Waals surface area contributed by atoms with Gasteiger partial charge < -0.3 is 4.90 Å². The van der Waals surface area contributed by atoms with Crippen LogP contribution in [0.15, 0.2) is 30.5 Å². The van der Waals surface area contributed by atoms with Crippen LogP contribution in [0.1, 0.15) is 18.9 Å². The smallest absolute Gasteiger partial charge is 0.136 e. The van der Waals surface area contributed by atoms with Gasteiger partial charge in [-0.2, -0.15) is 11.8 Å². The van der Waals surface area contributed by atoms with Gasteiger partial charge in [0, 0.05) is 30.6 Å².